The van der Waals surface area contributed by atoms with Gasteiger partial charge in [0.15, 0.2) is 12.2 Å². The number of nitrogens with one attached hydrogen (secondary N) is 1. The number of nitrogens with zero attached hydrogens (tertiary/aromatic N) is 1. The Hall–Kier alpha value is -2.83. The van der Waals surface area contributed by atoms with Crippen LogP contribution in [0.4, 0.5) is 5.69 Å². The number of carbonyl (C=O) groups excluding carboxylic acids is 1. The molecule has 0 fully saturated rings. The van der Waals surface area contributed by atoms with Gasteiger partial charge in [0.25, 0.3) is 5.91 Å². The summed E-state index contributed by atoms with van der Waals surface area (Å²) in [4.78, 5) is 17.0. The molecule has 1 aromatic heterocycles. The van der Waals surface area contributed by atoms with E-state index in [1.54, 1.807) is 24.3 Å². The lowest BCUT2D eigenvalue weighted by Gasteiger charge is -2.10. The van der Waals surface area contributed by atoms with Gasteiger partial charge in [0.05, 0.1) is 10.7 Å². The van der Waals surface area contributed by atoms with Gasteiger partial charge in [-0.15, -0.1) is 0 Å². The van der Waals surface area contributed by atoms with Gasteiger partial charge >= 0.3 is 0 Å². The van der Waals surface area contributed by atoms with Gasteiger partial charge < -0.3 is 14.5 Å². The van der Waals surface area contributed by atoms with Gasteiger partial charge in [-0.05, 0) is 72.5 Å². The third kappa shape index (κ3) is 5.14. The highest BCUT2D eigenvalue weighted by atomic mass is 79.9. The van der Waals surface area contributed by atoms with Crippen molar-refractivity contribution in [1.82, 2.24) is 4.98 Å². The Bertz CT molecular complexity index is 1250. The van der Waals surface area contributed by atoms with E-state index in [0.717, 1.165) is 27.6 Å². The number of hydrogen-bond donors (Lipinski definition) is 1. The van der Waals surface area contributed by atoms with E-state index in [1.165, 1.54) is 5.56 Å². The number of halogens is 2. The van der Waals surface area contributed by atoms with E-state index in [-0.39, 0.29) is 12.5 Å². The highest BCUT2D eigenvalue weighted by molar-refractivity contribution is 9.10. The molecule has 0 bridgehead atoms. The molecule has 0 radical (unpaired) electrons. The second kappa shape index (κ2) is 9.76. The minimum Gasteiger partial charge on any atom is -0.484 e. The maximum atomic E-state index is 12.4. The fraction of sp³-hybridized carbons (Fsp3) is 0.200. The number of aromatic nitrogens is 1. The molecule has 0 aliphatic rings. The summed E-state index contributed by atoms with van der Waals surface area (Å²) in [7, 11) is 0. The second-order valence-corrected chi connectivity index (χ2v) is 8.86. The van der Waals surface area contributed by atoms with Crippen molar-refractivity contribution in [3.63, 3.8) is 0 Å². The Labute approximate surface area is 199 Å². The first kappa shape index (κ1) is 22.4. The SMILES string of the molecule is CC[C@H](C)c1ccc2oc(-c3ccc(Cl)c(NC(=O)COc4ccc(Br)cc4)c3)nc2c1. The molecule has 0 spiro atoms. The van der Waals surface area contributed by atoms with Gasteiger partial charge in [0, 0.05) is 10.0 Å². The fourth-order valence-corrected chi connectivity index (χ4v) is 3.66. The first-order chi connectivity index (χ1) is 15.4. The lowest BCUT2D eigenvalue weighted by molar-refractivity contribution is -0.118. The van der Waals surface area contributed by atoms with E-state index in [4.69, 9.17) is 20.8 Å². The lowest BCUT2D eigenvalue weighted by atomic mass is 9.98. The second-order valence-electron chi connectivity index (χ2n) is 7.54. The lowest BCUT2D eigenvalue weighted by Crippen LogP contribution is -2.20. The third-order valence-electron chi connectivity index (χ3n) is 5.26. The van der Waals surface area contributed by atoms with Crippen LogP contribution >= 0.6 is 27.5 Å². The number of anilines is 1. The number of carbonyl (C=O) groups is 1. The van der Waals surface area contributed by atoms with Gasteiger partial charge in [-0.25, -0.2) is 4.98 Å². The molecular weight excluding hydrogens is 492 g/mol. The van der Waals surface area contributed by atoms with Gasteiger partial charge in [-0.2, -0.15) is 0 Å². The van der Waals surface area contributed by atoms with Gasteiger partial charge in [-0.1, -0.05) is 47.4 Å². The average Bonchev–Trinajstić information content (AvgIpc) is 3.23. The predicted molar refractivity (Wildman–Crippen MR) is 131 cm³/mol. The molecule has 1 N–H and O–H groups in total. The Morgan fingerprint density at radius 1 is 1.16 bits per heavy atom. The number of hydrogen-bond acceptors (Lipinski definition) is 4. The molecule has 1 atom stereocenters. The Kier molecular flexibility index (Phi) is 6.82. The Balaban J connectivity index is 1.50. The molecule has 1 amide bonds. The molecule has 0 saturated carbocycles. The minimum atomic E-state index is -0.317. The van der Waals surface area contributed by atoms with Crippen LogP contribution in [-0.2, 0) is 4.79 Å². The van der Waals surface area contributed by atoms with Crippen molar-refractivity contribution in [2.75, 3.05) is 11.9 Å². The minimum absolute atomic E-state index is 0.135. The van der Waals surface area contributed by atoms with E-state index in [2.05, 4.69) is 52.2 Å². The van der Waals surface area contributed by atoms with Gasteiger partial charge in [0.1, 0.15) is 11.3 Å². The molecule has 5 nitrogen and oxygen atoms in total. The summed E-state index contributed by atoms with van der Waals surface area (Å²) in [6.45, 7) is 4.22. The molecule has 3 aromatic carbocycles. The normalized spacial score (nSPS) is 12.0. The predicted octanol–water partition coefficient (Wildman–Crippen LogP) is 7.44. The highest BCUT2D eigenvalue weighted by Crippen LogP contribution is 2.32. The highest BCUT2D eigenvalue weighted by Gasteiger charge is 2.14. The van der Waals surface area contributed by atoms with Crippen molar-refractivity contribution in [1.29, 1.82) is 0 Å². The fourth-order valence-electron chi connectivity index (χ4n) is 3.23. The van der Waals surface area contributed by atoms with E-state index in [9.17, 15) is 4.79 Å². The molecule has 0 unspecified atom stereocenters. The Morgan fingerprint density at radius 3 is 2.69 bits per heavy atom. The summed E-state index contributed by atoms with van der Waals surface area (Å²) in [6.07, 6.45) is 1.06. The van der Waals surface area contributed by atoms with Crippen molar-refractivity contribution < 1.29 is 13.9 Å². The molecule has 1 heterocycles. The smallest absolute Gasteiger partial charge is 0.262 e. The topological polar surface area (TPSA) is 64.4 Å². The van der Waals surface area contributed by atoms with E-state index in [1.807, 2.05) is 24.3 Å². The largest absolute Gasteiger partial charge is 0.484 e. The van der Waals surface area contributed by atoms with Crippen LogP contribution in [0.3, 0.4) is 0 Å². The van der Waals surface area contributed by atoms with Crippen molar-refractivity contribution >= 4 is 50.2 Å². The van der Waals surface area contributed by atoms with Crippen molar-refractivity contribution in [3.8, 4) is 17.2 Å². The number of rotatable bonds is 7. The van der Waals surface area contributed by atoms with Crippen LogP contribution in [0.15, 0.2) is 69.6 Å². The van der Waals surface area contributed by atoms with E-state index >= 15 is 0 Å². The number of amides is 1. The number of benzene rings is 3. The zero-order valence-electron chi connectivity index (χ0n) is 17.7. The summed E-state index contributed by atoms with van der Waals surface area (Å²) in [5.74, 6) is 1.21. The van der Waals surface area contributed by atoms with Crippen LogP contribution < -0.4 is 10.1 Å². The van der Waals surface area contributed by atoms with E-state index < -0.39 is 0 Å². The molecule has 0 aliphatic heterocycles. The van der Waals surface area contributed by atoms with Gasteiger partial charge in [-0.3, -0.25) is 4.79 Å². The van der Waals surface area contributed by atoms with Crippen LogP contribution in [0.25, 0.3) is 22.6 Å². The van der Waals surface area contributed by atoms with Crippen molar-refractivity contribution in [2.24, 2.45) is 0 Å². The standard InChI is InChI=1S/C25H22BrClN2O3/c1-3-15(2)16-5-11-23-22(12-16)29-25(32-23)17-4-10-20(27)21(13-17)28-24(30)14-31-19-8-6-18(26)7-9-19/h4-13,15H,3,14H2,1-2H3,(H,28,30)/t15-/m0/s1. The van der Waals surface area contributed by atoms with Crippen LogP contribution in [0.1, 0.15) is 31.7 Å². The molecule has 164 valence electrons. The summed E-state index contributed by atoms with van der Waals surface area (Å²) >= 11 is 9.67. The number of oxazole rings is 1. The van der Waals surface area contributed by atoms with Crippen LogP contribution in [0.2, 0.25) is 5.02 Å². The van der Waals surface area contributed by atoms with Crippen molar-refractivity contribution in [3.05, 3.63) is 75.7 Å². The van der Waals surface area contributed by atoms with Crippen LogP contribution in [0.5, 0.6) is 5.75 Å². The maximum Gasteiger partial charge on any atom is 0.262 e. The molecule has 0 saturated heterocycles. The average molecular weight is 514 g/mol. The monoisotopic (exact) mass is 512 g/mol. The number of fused-ring (bicyclic) bond motifs is 1. The molecule has 4 aromatic rings. The Morgan fingerprint density at radius 2 is 1.94 bits per heavy atom. The van der Waals surface area contributed by atoms with Crippen LogP contribution in [-0.4, -0.2) is 17.5 Å². The molecule has 0 aliphatic carbocycles. The first-order valence-electron chi connectivity index (χ1n) is 10.3. The zero-order valence-corrected chi connectivity index (χ0v) is 20.0. The summed E-state index contributed by atoms with van der Waals surface area (Å²) in [5.41, 5.74) is 3.95. The summed E-state index contributed by atoms with van der Waals surface area (Å²) < 4.78 is 12.4. The van der Waals surface area contributed by atoms with E-state index in [0.29, 0.717) is 28.3 Å². The molecule has 7 heteroatoms. The maximum absolute atomic E-state index is 12.4. The molecule has 32 heavy (non-hydrogen) atoms. The molecule has 4 rings (SSSR count). The number of ether oxygens (including phenoxy) is 1. The molecular formula is C25H22BrClN2O3. The summed E-state index contributed by atoms with van der Waals surface area (Å²) in [6, 6.07) is 18.6. The zero-order chi connectivity index (χ0) is 22.7. The van der Waals surface area contributed by atoms with Gasteiger partial charge in [0.2, 0.25) is 5.89 Å². The quantitative estimate of drug-likeness (QED) is 0.279. The van der Waals surface area contributed by atoms with Crippen molar-refractivity contribution in [2.45, 2.75) is 26.2 Å². The first-order valence-corrected chi connectivity index (χ1v) is 11.5. The van der Waals surface area contributed by atoms with Crippen LogP contribution in [0, 0.1) is 0 Å². The third-order valence-corrected chi connectivity index (χ3v) is 6.12. The summed E-state index contributed by atoms with van der Waals surface area (Å²) in [5, 5.41) is 3.21.